The van der Waals surface area contributed by atoms with Gasteiger partial charge in [0.05, 0.1) is 4.90 Å². The maximum Gasteiger partial charge on any atom is 0.298 e. The Morgan fingerprint density at radius 1 is 0.821 bits per heavy atom. The maximum atomic E-state index is 13.2. The van der Waals surface area contributed by atoms with Crippen LogP contribution in [0.25, 0.3) is 0 Å². The van der Waals surface area contributed by atoms with Gasteiger partial charge in [-0.05, 0) is 43.4 Å². The van der Waals surface area contributed by atoms with Gasteiger partial charge in [0.2, 0.25) is 0 Å². The molecule has 0 aliphatic rings. The second-order valence-electron chi connectivity index (χ2n) is 7.61. The highest BCUT2D eigenvalue weighted by Gasteiger charge is 2.33. The van der Waals surface area contributed by atoms with Gasteiger partial charge in [-0.3, -0.25) is 4.18 Å². The standard InChI is InChI=1S/C24H34O3S/c1-4-6-7-8-9-11-16-21-17-14-15-20-23(21)28(25,26)27-24(3,5-2)22-18-12-10-13-19-22/h10,12-15,17-20H,4-9,11,16H2,1-3H3. The predicted molar refractivity (Wildman–Crippen MR) is 116 cm³/mol. The number of aryl methyl sites for hydroxylation is 1. The number of benzene rings is 2. The summed E-state index contributed by atoms with van der Waals surface area (Å²) in [4.78, 5) is 0.305. The van der Waals surface area contributed by atoms with E-state index in [0.717, 1.165) is 30.4 Å². The molecule has 0 aliphatic heterocycles. The third-order valence-corrected chi connectivity index (χ3v) is 6.92. The molecule has 0 N–H and O–H groups in total. The Bertz CT molecular complexity index is 815. The zero-order chi connectivity index (χ0) is 20.5. The van der Waals surface area contributed by atoms with Crippen LogP contribution in [-0.2, 0) is 26.3 Å². The molecule has 2 aromatic rings. The van der Waals surface area contributed by atoms with Crippen LogP contribution in [-0.4, -0.2) is 8.42 Å². The van der Waals surface area contributed by atoms with Gasteiger partial charge in [-0.1, -0.05) is 94.5 Å². The number of hydrogen-bond acceptors (Lipinski definition) is 3. The molecule has 0 saturated heterocycles. The minimum absolute atomic E-state index is 0.305. The zero-order valence-corrected chi connectivity index (χ0v) is 18.3. The SMILES string of the molecule is CCCCCCCCc1ccccc1S(=O)(=O)OC(C)(CC)c1ccccc1. The van der Waals surface area contributed by atoms with E-state index in [-0.39, 0.29) is 0 Å². The van der Waals surface area contributed by atoms with Crippen molar-refractivity contribution in [2.75, 3.05) is 0 Å². The first-order valence-electron chi connectivity index (χ1n) is 10.5. The van der Waals surface area contributed by atoms with E-state index in [1.165, 1.54) is 25.7 Å². The van der Waals surface area contributed by atoms with Crippen molar-refractivity contribution in [2.24, 2.45) is 0 Å². The van der Waals surface area contributed by atoms with Gasteiger partial charge in [0.1, 0.15) is 5.60 Å². The minimum atomic E-state index is -3.86. The monoisotopic (exact) mass is 402 g/mol. The van der Waals surface area contributed by atoms with Crippen molar-refractivity contribution in [1.82, 2.24) is 0 Å². The van der Waals surface area contributed by atoms with Crippen molar-refractivity contribution in [3.63, 3.8) is 0 Å². The largest absolute Gasteiger partial charge is 0.298 e. The highest BCUT2D eigenvalue weighted by Crippen LogP contribution is 2.34. The summed E-state index contributed by atoms with van der Waals surface area (Å²) in [5.41, 5.74) is 0.840. The van der Waals surface area contributed by atoms with Crippen LogP contribution in [0.5, 0.6) is 0 Å². The van der Waals surface area contributed by atoms with E-state index in [0.29, 0.717) is 11.3 Å². The first-order chi connectivity index (χ1) is 13.4. The molecule has 0 aromatic heterocycles. The van der Waals surface area contributed by atoms with Gasteiger partial charge >= 0.3 is 0 Å². The number of unbranched alkanes of at least 4 members (excludes halogenated alkanes) is 5. The fraction of sp³-hybridized carbons (Fsp3) is 0.500. The number of hydrogen-bond donors (Lipinski definition) is 0. The van der Waals surface area contributed by atoms with Crippen molar-refractivity contribution in [2.45, 2.75) is 82.6 Å². The Morgan fingerprint density at radius 3 is 2.11 bits per heavy atom. The van der Waals surface area contributed by atoms with E-state index < -0.39 is 15.7 Å². The summed E-state index contributed by atoms with van der Waals surface area (Å²) in [5, 5.41) is 0. The predicted octanol–water partition coefficient (Wildman–Crippen LogP) is 6.62. The van der Waals surface area contributed by atoms with Gasteiger partial charge in [-0.15, -0.1) is 0 Å². The molecule has 3 nitrogen and oxygen atoms in total. The molecule has 0 aliphatic carbocycles. The Kier molecular flexibility index (Phi) is 8.71. The molecule has 0 heterocycles. The van der Waals surface area contributed by atoms with Crippen LogP contribution in [0, 0.1) is 0 Å². The molecular formula is C24H34O3S. The molecule has 2 aromatic carbocycles. The van der Waals surface area contributed by atoms with Crippen LogP contribution in [0.1, 0.15) is 76.8 Å². The second kappa shape index (κ2) is 10.8. The van der Waals surface area contributed by atoms with E-state index in [1.807, 2.05) is 56.3 Å². The quantitative estimate of drug-likeness (QED) is 0.296. The molecule has 1 unspecified atom stereocenters. The number of rotatable bonds is 12. The molecule has 2 rings (SSSR count). The normalized spacial score (nSPS) is 14.0. The topological polar surface area (TPSA) is 43.4 Å². The van der Waals surface area contributed by atoms with Crippen molar-refractivity contribution in [3.05, 3.63) is 65.7 Å². The first kappa shape index (κ1) is 22.6. The van der Waals surface area contributed by atoms with Crippen LogP contribution in [0.4, 0.5) is 0 Å². The van der Waals surface area contributed by atoms with Gasteiger partial charge in [0, 0.05) is 0 Å². The van der Waals surface area contributed by atoms with Gasteiger partial charge in [0.25, 0.3) is 10.1 Å². The van der Waals surface area contributed by atoms with Crippen molar-refractivity contribution < 1.29 is 12.6 Å². The lowest BCUT2D eigenvalue weighted by molar-refractivity contribution is 0.0908. The third-order valence-electron chi connectivity index (χ3n) is 5.39. The molecule has 0 amide bonds. The zero-order valence-electron chi connectivity index (χ0n) is 17.5. The van der Waals surface area contributed by atoms with Crippen molar-refractivity contribution >= 4 is 10.1 Å². The van der Waals surface area contributed by atoms with Crippen LogP contribution < -0.4 is 0 Å². The highest BCUT2D eigenvalue weighted by molar-refractivity contribution is 7.86. The minimum Gasteiger partial charge on any atom is -0.255 e. The van der Waals surface area contributed by atoms with Crippen molar-refractivity contribution in [1.29, 1.82) is 0 Å². The summed E-state index contributed by atoms with van der Waals surface area (Å²) < 4.78 is 32.1. The average Bonchev–Trinajstić information content (AvgIpc) is 2.71. The highest BCUT2D eigenvalue weighted by atomic mass is 32.2. The summed E-state index contributed by atoms with van der Waals surface area (Å²) in [5.74, 6) is 0. The Balaban J connectivity index is 2.14. The lowest BCUT2D eigenvalue weighted by Gasteiger charge is -2.28. The van der Waals surface area contributed by atoms with E-state index in [9.17, 15) is 8.42 Å². The Labute approximate surface area is 171 Å². The van der Waals surface area contributed by atoms with Gasteiger partial charge in [-0.25, -0.2) is 0 Å². The summed E-state index contributed by atoms with van der Waals surface area (Å²) in [7, 11) is -3.86. The average molecular weight is 403 g/mol. The van der Waals surface area contributed by atoms with Crippen LogP contribution >= 0.6 is 0 Å². The van der Waals surface area contributed by atoms with Gasteiger partial charge in [-0.2, -0.15) is 8.42 Å². The summed E-state index contributed by atoms with van der Waals surface area (Å²) >= 11 is 0. The summed E-state index contributed by atoms with van der Waals surface area (Å²) in [6.45, 7) is 6.00. The van der Waals surface area contributed by atoms with Gasteiger partial charge in [0.15, 0.2) is 0 Å². The maximum absolute atomic E-state index is 13.2. The molecule has 154 valence electrons. The third kappa shape index (κ3) is 6.18. The molecule has 0 radical (unpaired) electrons. The van der Waals surface area contributed by atoms with Crippen LogP contribution in [0.15, 0.2) is 59.5 Å². The van der Waals surface area contributed by atoms with E-state index in [1.54, 1.807) is 12.1 Å². The van der Waals surface area contributed by atoms with E-state index >= 15 is 0 Å². The fourth-order valence-corrected chi connectivity index (χ4v) is 4.96. The fourth-order valence-electron chi connectivity index (χ4n) is 3.44. The van der Waals surface area contributed by atoms with Crippen molar-refractivity contribution in [3.8, 4) is 0 Å². The smallest absolute Gasteiger partial charge is 0.255 e. The second-order valence-corrected chi connectivity index (χ2v) is 9.13. The Morgan fingerprint density at radius 2 is 1.43 bits per heavy atom. The molecule has 0 bridgehead atoms. The first-order valence-corrected chi connectivity index (χ1v) is 11.9. The Hall–Kier alpha value is -1.65. The lowest BCUT2D eigenvalue weighted by atomic mass is 9.94. The summed E-state index contributed by atoms with van der Waals surface area (Å²) in [6.07, 6.45) is 8.43. The van der Waals surface area contributed by atoms with Crippen LogP contribution in [0.2, 0.25) is 0 Å². The van der Waals surface area contributed by atoms with Gasteiger partial charge < -0.3 is 0 Å². The van der Waals surface area contributed by atoms with E-state index in [4.69, 9.17) is 4.18 Å². The van der Waals surface area contributed by atoms with E-state index in [2.05, 4.69) is 6.92 Å². The van der Waals surface area contributed by atoms with Crippen LogP contribution in [0.3, 0.4) is 0 Å². The molecule has 0 fully saturated rings. The molecular weight excluding hydrogens is 368 g/mol. The molecule has 0 saturated carbocycles. The lowest BCUT2D eigenvalue weighted by Crippen LogP contribution is -2.29. The molecule has 0 spiro atoms. The summed E-state index contributed by atoms with van der Waals surface area (Å²) in [6, 6.07) is 16.8. The molecule has 4 heteroatoms. The molecule has 28 heavy (non-hydrogen) atoms. The molecule has 1 atom stereocenters.